The molecule has 7 heteroatoms. The lowest BCUT2D eigenvalue weighted by Crippen LogP contribution is -2.24. The predicted molar refractivity (Wildman–Crippen MR) is 80.6 cm³/mol. The maximum Gasteiger partial charge on any atom is 0.255 e. The Kier molecular flexibility index (Phi) is 4.73. The fourth-order valence-corrected chi connectivity index (χ4v) is 2.08. The molecule has 3 N–H and O–H groups in total. The summed E-state index contributed by atoms with van der Waals surface area (Å²) in [6.45, 7) is 5.01. The summed E-state index contributed by atoms with van der Waals surface area (Å²) in [6.07, 6.45) is 3.37. The number of aromatic amines is 1. The molecule has 6 nitrogen and oxygen atoms in total. The van der Waals surface area contributed by atoms with Gasteiger partial charge < -0.3 is 10.6 Å². The first-order valence-electron chi connectivity index (χ1n) is 6.28. The number of halogens is 1. The van der Waals surface area contributed by atoms with Crippen molar-refractivity contribution in [3.8, 4) is 0 Å². The Morgan fingerprint density at radius 2 is 2.25 bits per heavy atom. The number of carbonyl (C=O) groups excluding carboxylic acids is 1. The summed E-state index contributed by atoms with van der Waals surface area (Å²) < 4.78 is 0.767. The van der Waals surface area contributed by atoms with E-state index in [1.165, 1.54) is 0 Å². The molecule has 0 fully saturated rings. The number of H-pyrrole nitrogens is 1. The topological polar surface area (TPSA) is 82.7 Å². The molecule has 106 valence electrons. The number of hydrogen-bond donors (Lipinski definition) is 3. The molecular formula is C13H16BrN5O. The molecule has 1 amide bonds. The number of nitrogens with zero attached hydrogens (tertiary/aromatic N) is 2. The number of rotatable bonds is 5. The highest BCUT2D eigenvalue weighted by Gasteiger charge is 2.13. The van der Waals surface area contributed by atoms with Crippen molar-refractivity contribution < 1.29 is 4.79 Å². The Morgan fingerprint density at radius 3 is 2.90 bits per heavy atom. The minimum absolute atomic E-state index is 0.171. The van der Waals surface area contributed by atoms with E-state index in [4.69, 9.17) is 0 Å². The quantitative estimate of drug-likeness (QED) is 0.781. The van der Waals surface area contributed by atoms with Gasteiger partial charge in [0.05, 0.1) is 11.8 Å². The molecule has 2 aromatic rings. The van der Waals surface area contributed by atoms with Gasteiger partial charge in [0.1, 0.15) is 5.82 Å². The van der Waals surface area contributed by atoms with Gasteiger partial charge in [-0.05, 0) is 35.8 Å². The molecule has 0 spiro atoms. The van der Waals surface area contributed by atoms with E-state index < -0.39 is 0 Å². The molecule has 0 aliphatic carbocycles. The summed E-state index contributed by atoms with van der Waals surface area (Å²) in [6, 6.07) is 1.75. The number of amides is 1. The number of pyridine rings is 1. The Balaban J connectivity index is 2.12. The standard InChI is InChI=1S/C13H16BrN5O/c1-3-15-12-11(4-10(14)7-16-12)13(20)17-5-9-6-18-19-8(9)2/h4,6-7H,3,5H2,1-2H3,(H,15,16)(H,17,20)(H,18,19). The molecule has 0 aliphatic heterocycles. The summed E-state index contributed by atoms with van der Waals surface area (Å²) >= 11 is 3.33. The number of aromatic nitrogens is 3. The largest absolute Gasteiger partial charge is 0.370 e. The zero-order chi connectivity index (χ0) is 14.5. The lowest BCUT2D eigenvalue weighted by molar-refractivity contribution is 0.0951. The van der Waals surface area contributed by atoms with Crippen LogP contribution in [0.2, 0.25) is 0 Å². The van der Waals surface area contributed by atoms with Crippen molar-refractivity contribution in [3.63, 3.8) is 0 Å². The van der Waals surface area contributed by atoms with Crippen LogP contribution in [0, 0.1) is 6.92 Å². The van der Waals surface area contributed by atoms with Crippen molar-refractivity contribution in [2.24, 2.45) is 0 Å². The van der Waals surface area contributed by atoms with Gasteiger partial charge >= 0.3 is 0 Å². The molecule has 0 aliphatic rings. The Bertz CT molecular complexity index is 611. The van der Waals surface area contributed by atoms with Crippen LogP contribution in [-0.2, 0) is 6.54 Å². The van der Waals surface area contributed by atoms with Crippen LogP contribution in [0.3, 0.4) is 0 Å². The second-order valence-electron chi connectivity index (χ2n) is 4.28. The van der Waals surface area contributed by atoms with Gasteiger partial charge in [0, 0.05) is 35.0 Å². The monoisotopic (exact) mass is 337 g/mol. The average molecular weight is 338 g/mol. The molecule has 20 heavy (non-hydrogen) atoms. The summed E-state index contributed by atoms with van der Waals surface area (Å²) in [7, 11) is 0. The zero-order valence-electron chi connectivity index (χ0n) is 11.3. The van der Waals surface area contributed by atoms with Crippen LogP contribution in [0.1, 0.15) is 28.5 Å². The SMILES string of the molecule is CCNc1ncc(Br)cc1C(=O)NCc1cn[nH]c1C. The van der Waals surface area contributed by atoms with Crippen LogP contribution >= 0.6 is 15.9 Å². The third-order valence-corrected chi connectivity index (χ3v) is 3.25. The third kappa shape index (κ3) is 3.36. The highest BCUT2D eigenvalue weighted by atomic mass is 79.9. The van der Waals surface area contributed by atoms with Crippen LogP contribution in [0.15, 0.2) is 22.9 Å². The van der Waals surface area contributed by atoms with Crippen LogP contribution in [0.25, 0.3) is 0 Å². The maximum absolute atomic E-state index is 12.3. The first-order chi connectivity index (χ1) is 9.61. The molecule has 2 aromatic heterocycles. The number of hydrogen-bond acceptors (Lipinski definition) is 4. The Morgan fingerprint density at radius 1 is 1.45 bits per heavy atom. The second kappa shape index (κ2) is 6.51. The molecular weight excluding hydrogens is 322 g/mol. The van der Waals surface area contributed by atoms with Gasteiger partial charge in [0.2, 0.25) is 0 Å². The van der Waals surface area contributed by atoms with E-state index in [2.05, 4.69) is 41.7 Å². The van der Waals surface area contributed by atoms with E-state index in [0.29, 0.717) is 24.5 Å². The number of nitrogens with one attached hydrogen (secondary N) is 3. The average Bonchev–Trinajstić information content (AvgIpc) is 2.84. The first kappa shape index (κ1) is 14.5. The minimum atomic E-state index is -0.171. The van der Waals surface area contributed by atoms with Gasteiger partial charge in [-0.1, -0.05) is 0 Å². The summed E-state index contributed by atoms with van der Waals surface area (Å²) in [5, 5.41) is 12.7. The molecule has 0 radical (unpaired) electrons. The number of carbonyl (C=O) groups is 1. The lowest BCUT2D eigenvalue weighted by atomic mass is 10.2. The number of aryl methyl sites for hydroxylation is 1. The Hall–Kier alpha value is -1.89. The van der Waals surface area contributed by atoms with Crippen LogP contribution in [-0.4, -0.2) is 27.6 Å². The molecule has 0 unspecified atom stereocenters. The van der Waals surface area contributed by atoms with E-state index in [0.717, 1.165) is 15.7 Å². The fraction of sp³-hybridized carbons (Fsp3) is 0.308. The highest BCUT2D eigenvalue weighted by molar-refractivity contribution is 9.10. The van der Waals surface area contributed by atoms with Crippen LogP contribution in [0.5, 0.6) is 0 Å². The van der Waals surface area contributed by atoms with E-state index in [1.807, 2.05) is 13.8 Å². The predicted octanol–water partition coefficient (Wildman–Crippen LogP) is 2.24. The van der Waals surface area contributed by atoms with E-state index >= 15 is 0 Å². The maximum atomic E-state index is 12.3. The lowest BCUT2D eigenvalue weighted by Gasteiger charge is -2.10. The molecule has 0 aromatic carbocycles. The molecule has 0 atom stereocenters. The number of anilines is 1. The minimum Gasteiger partial charge on any atom is -0.370 e. The summed E-state index contributed by atoms with van der Waals surface area (Å²) in [5.74, 6) is 0.410. The summed E-state index contributed by atoms with van der Waals surface area (Å²) in [5.41, 5.74) is 2.43. The van der Waals surface area contributed by atoms with Gasteiger partial charge in [0.15, 0.2) is 0 Å². The van der Waals surface area contributed by atoms with Gasteiger partial charge in [-0.2, -0.15) is 5.10 Å². The van der Waals surface area contributed by atoms with Gasteiger partial charge in [-0.15, -0.1) is 0 Å². The molecule has 0 saturated carbocycles. The molecule has 2 heterocycles. The highest BCUT2D eigenvalue weighted by Crippen LogP contribution is 2.18. The van der Waals surface area contributed by atoms with Crippen molar-refractivity contribution in [1.82, 2.24) is 20.5 Å². The van der Waals surface area contributed by atoms with Gasteiger partial charge in [-0.3, -0.25) is 9.89 Å². The summed E-state index contributed by atoms with van der Waals surface area (Å²) in [4.78, 5) is 16.5. The zero-order valence-corrected chi connectivity index (χ0v) is 12.9. The normalized spacial score (nSPS) is 10.3. The van der Waals surface area contributed by atoms with Gasteiger partial charge in [0.25, 0.3) is 5.91 Å². The molecule has 0 bridgehead atoms. The van der Waals surface area contributed by atoms with E-state index in [1.54, 1.807) is 18.5 Å². The molecule has 0 saturated heterocycles. The smallest absolute Gasteiger partial charge is 0.255 e. The van der Waals surface area contributed by atoms with Crippen molar-refractivity contribution in [1.29, 1.82) is 0 Å². The van der Waals surface area contributed by atoms with E-state index in [-0.39, 0.29) is 5.91 Å². The van der Waals surface area contributed by atoms with Crippen molar-refractivity contribution in [3.05, 3.63) is 39.8 Å². The first-order valence-corrected chi connectivity index (χ1v) is 7.07. The van der Waals surface area contributed by atoms with Crippen molar-refractivity contribution >= 4 is 27.7 Å². The van der Waals surface area contributed by atoms with Crippen molar-refractivity contribution in [2.75, 3.05) is 11.9 Å². The Labute approximate surface area is 125 Å². The van der Waals surface area contributed by atoms with Crippen LogP contribution < -0.4 is 10.6 Å². The third-order valence-electron chi connectivity index (χ3n) is 2.82. The molecule has 2 rings (SSSR count). The van der Waals surface area contributed by atoms with Gasteiger partial charge in [-0.25, -0.2) is 4.98 Å². The fourth-order valence-electron chi connectivity index (χ4n) is 1.75. The second-order valence-corrected chi connectivity index (χ2v) is 5.20. The van der Waals surface area contributed by atoms with E-state index in [9.17, 15) is 4.79 Å². The van der Waals surface area contributed by atoms with Crippen LogP contribution in [0.4, 0.5) is 5.82 Å². The van der Waals surface area contributed by atoms with Crippen molar-refractivity contribution in [2.45, 2.75) is 20.4 Å².